The fraction of sp³-hybridized carbons (Fsp3) is 0.368. The number of nitrogens with zero attached hydrogens (tertiary/aromatic N) is 1. The summed E-state index contributed by atoms with van der Waals surface area (Å²) in [5.74, 6) is -0.313. The van der Waals surface area contributed by atoms with Gasteiger partial charge in [-0.2, -0.15) is 0 Å². The van der Waals surface area contributed by atoms with E-state index in [1.165, 1.54) is 11.8 Å². The Morgan fingerprint density at radius 2 is 2.00 bits per heavy atom. The topological polar surface area (TPSA) is 74.4 Å². The third kappa shape index (κ3) is 3.36. The Morgan fingerprint density at radius 1 is 1.16 bits per heavy atom. The van der Waals surface area contributed by atoms with Gasteiger partial charge in [-0.3, -0.25) is 14.5 Å². The second kappa shape index (κ2) is 6.82. The molecule has 3 atom stereocenters. The lowest BCUT2D eigenvalue weighted by atomic mass is 10.1. The zero-order valence-corrected chi connectivity index (χ0v) is 13.9. The summed E-state index contributed by atoms with van der Waals surface area (Å²) in [6, 6.07) is 13.8. The molecule has 1 amide bonds. The number of fused-ring (bicyclic) bond motifs is 1. The van der Waals surface area contributed by atoms with Crippen molar-refractivity contribution < 1.29 is 9.53 Å². The fourth-order valence-corrected chi connectivity index (χ4v) is 3.71. The molecule has 130 valence electrons. The predicted octanol–water partition coefficient (Wildman–Crippen LogP) is 1.32. The largest absolute Gasteiger partial charge is 0.371 e. The number of aromatic amines is 1. The summed E-state index contributed by atoms with van der Waals surface area (Å²) in [7, 11) is 0. The van der Waals surface area contributed by atoms with Crippen molar-refractivity contribution in [1.82, 2.24) is 15.2 Å². The molecule has 2 N–H and O–H groups in total. The molecule has 0 bridgehead atoms. The summed E-state index contributed by atoms with van der Waals surface area (Å²) in [6.07, 6.45) is 2.44. The van der Waals surface area contributed by atoms with Crippen LogP contribution in [0.3, 0.4) is 0 Å². The van der Waals surface area contributed by atoms with Crippen molar-refractivity contribution in [2.75, 3.05) is 19.7 Å². The van der Waals surface area contributed by atoms with Crippen LogP contribution >= 0.6 is 0 Å². The molecule has 2 aliphatic heterocycles. The summed E-state index contributed by atoms with van der Waals surface area (Å²) >= 11 is 0. The van der Waals surface area contributed by atoms with E-state index in [0.717, 1.165) is 19.5 Å². The zero-order chi connectivity index (χ0) is 17.2. The Bertz CT molecular complexity index is 805. The minimum Gasteiger partial charge on any atom is -0.371 e. The number of rotatable bonds is 3. The van der Waals surface area contributed by atoms with Gasteiger partial charge in [-0.25, -0.2) is 0 Å². The lowest BCUT2D eigenvalue weighted by Gasteiger charge is -2.35. The van der Waals surface area contributed by atoms with E-state index in [0.29, 0.717) is 12.6 Å². The summed E-state index contributed by atoms with van der Waals surface area (Å²) in [5, 5.41) is 2.99. The molecule has 0 spiro atoms. The highest BCUT2D eigenvalue weighted by Crippen LogP contribution is 2.30. The third-order valence-corrected chi connectivity index (χ3v) is 4.99. The molecule has 0 saturated carbocycles. The maximum Gasteiger partial charge on any atom is 0.260 e. The Hall–Kier alpha value is -2.44. The highest BCUT2D eigenvalue weighted by Gasteiger charge is 2.38. The van der Waals surface area contributed by atoms with E-state index < -0.39 is 0 Å². The van der Waals surface area contributed by atoms with E-state index >= 15 is 0 Å². The molecule has 2 aliphatic rings. The van der Waals surface area contributed by atoms with Gasteiger partial charge in [0.1, 0.15) is 5.56 Å². The van der Waals surface area contributed by atoms with Gasteiger partial charge < -0.3 is 15.0 Å². The van der Waals surface area contributed by atoms with Gasteiger partial charge in [0.25, 0.3) is 11.5 Å². The van der Waals surface area contributed by atoms with Crippen LogP contribution in [0, 0.1) is 0 Å². The first-order chi connectivity index (χ1) is 12.2. The SMILES string of the molecule is O=C(N[C@@H]1C[C@H]2CO[C@@H](c3ccccc3)CN2C1)c1ccc[nH]c1=O. The Balaban J connectivity index is 1.39. The van der Waals surface area contributed by atoms with Gasteiger partial charge >= 0.3 is 0 Å². The van der Waals surface area contributed by atoms with Crippen LogP contribution in [0.5, 0.6) is 0 Å². The Labute approximate surface area is 145 Å². The molecule has 6 heteroatoms. The van der Waals surface area contributed by atoms with Crippen molar-refractivity contribution in [1.29, 1.82) is 0 Å². The summed E-state index contributed by atoms with van der Waals surface area (Å²) < 4.78 is 6.03. The molecule has 1 aromatic carbocycles. The number of morpholine rings is 1. The van der Waals surface area contributed by atoms with Crippen molar-refractivity contribution in [3.63, 3.8) is 0 Å². The van der Waals surface area contributed by atoms with Gasteiger partial charge in [0.15, 0.2) is 0 Å². The van der Waals surface area contributed by atoms with E-state index in [4.69, 9.17) is 4.74 Å². The number of hydrogen-bond donors (Lipinski definition) is 2. The minimum absolute atomic E-state index is 0.0372. The van der Waals surface area contributed by atoms with Crippen LogP contribution in [-0.2, 0) is 4.74 Å². The quantitative estimate of drug-likeness (QED) is 0.884. The van der Waals surface area contributed by atoms with Gasteiger partial charge in [0.05, 0.1) is 12.7 Å². The molecular formula is C19H21N3O3. The van der Waals surface area contributed by atoms with Crippen LogP contribution in [0.25, 0.3) is 0 Å². The first kappa shape index (κ1) is 16.1. The molecule has 6 nitrogen and oxygen atoms in total. The monoisotopic (exact) mass is 339 g/mol. The number of H-pyrrole nitrogens is 1. The van der Waals surface area contributed by atoms with E-state index in [-0.39, 0.29) is 29.2 Å². The van der Waals surface area contributed by atoms with Crippen LogP contribution in [0.1, 0.15) is 28.4 Å². The minimum atomic E-state index is -0.358. The van der Waals surface area contributed by atoms with Crippen LogP contribution in [0.2, 0.25) is 0 Å². The van der Waals surface area contributed by atoms with Crippen molar-refractivity contribution in [3.8, 4) is 0 Å². The van der Waals surface area contributed by atoms with E-state index in [1.54, 1.807) is 12.1 Å². The summed E-state index contributed by atoms with van der Waals surface area (Å²) in [4.78, 5) is 29.0. The number of amides is 1. The standard InChI is InChI=1S/C19H21N3O3/c23-18-16(7-4-8-20-18)19(24)21-14-9-15-12-25-17(11-22(15)10-14)13-5-2-1-3-6-13/h1-8,14-15,17H,9-12H2,(H,20,23)(H,21,24)/t14-,15+,17-/m1/s1. The van der Waals surface area contributed by atoms with Crippen molar-refractivity contribution in [2.45, 2.75) is 24.6 Å². The molecule has 0 aliphatic carbocycles. The predicted molar refractivity (Wildman–Crippen MR) is 93.4 cm³/mol. The van der Waals surface area contributed by atoms with E-state index in [1.807, 2.05) is 18.2 Å². The molecule has 0 radical (unpaired) electrons. The second-order valence-corrected chi connectivity index (χ2v) is 6.66. The van der Waals surface area contributed by atoms with Gasteiger partial charge in [-0.05, 0) is 24.1 Å². The maximum atomic E-state index is 12.3. The average molecular weight is 339 g/mol. The van der Waals surface area contributed by atoms with E-state index in [9.17, 15) is 9.59 Å². The van der Waals surface area contributed by atoms with Gasteiger partial charge in [0.2, 0.25) is 0 Å². The number of aromatic nitrogens is 1. The Kier molecular flexibility index (Phi) is 4.38. The maximum absolute atomic E-state index is 12.3. The molecule has 0 unspecified atom stereocenters. The number of benzene rings is 1. The van der Waals surface area contributed by atoms with Crippen LogP contribution in [0.15, 0.2) is 53.5 Å². The van der Waals surface area contributed by atoms with E-state index in [2.05, 4.69) is 27.3 Å². The third-order valence-electron chi connectivity index (χ3n) is 4.99. The Morgan fingerprint density at radius 3 is 2.80 bits per heavy atom. The van der Waals surface area contributed by atoms with Gasteiger partial charge in [-0.1, -0.05) is 30.3 Å². The number of carbonyl (C=O) groups is 1. The van der Waals surface area contributed by atoms with Crippen molar-refractivity contribution in [2.24, 2.45) is 0 Å². The fourth-order valence-electron chi connectivity index (χ4n) is 3.71. The molecule has 2 saturated heterocycles. The average Bonchev–Trinajstić information content (AvgIpc) is 3.04. The number of nitrogens with one attached hydrogen (secondary N) is 2. The lowest BCUT2D eigenvalue weighted by Crippen LogP contribution is -2.43. The van der Waals surface area contributed by atoms with Crippen LogP contribution < -0.4 is 10.9 Å². The highest BCUT2D eigenvalue weighted by atomic mass is 16.5. The van der Waals surface area contributed by atoms with Gasteiger partial charge in [-0.15, -0.1) is 0 Å². The lowest BCUT2D eigenvalue weighted by molar-refractivity contribution is -0.0502. The highest BCUT2D eigenvalue weighted by molar-refractivity contribution is 5.93. The molecule has 3 heterocycles. The van der Waals surface area contributed by atoms with Crippen LogP contribution in [0.4, 0.5) is 0 Å². The molecule has 1 aromatic heterocycles. The van der Waals surface area contributed by atoms with Crippen LogP contribution in [-0.4, -0.2) is 47.6 Å². The molecule has 2 fully saturated rings. The molecule has 25 heavy (non-hydrogen) atoms. The molecule has 4 rings (SSSR count). The number of carbonyl (C=O) groups excluding carboxylic acids is 1. The smallest absolute Gasteiger partial charge is 0.260 e. The summed E-state index contributed by atoms with van der Waals surface area (Å²) in [6.45, 7) is 2.28. The molecular weight excluding hydrogens is 318 g/mol. The zero-order valence-electron chi connectivity index (χ0n) is 13.9. The first-order valence-electron chi connectivity index (χ1n) is 8.60. The normalized spacial score (nSPS) is 26.2. The van der Waals surface area contributed by atoms with Crippen molar-refractivity contribution in [3.05, 3.63) is 70.1 Å². The number of ether oxygens (including phenoxy) is 1. The van der Waals surface area contributed by atoms with Crippen molar-refractivity contribution >= 4 is 5.91 Å². The first-order valence-corrected chi connectivity index (χ1v) is 8.60. The molecule has 2 aromatic rings. The number of hydrogen-bond acceptors (Lipinski definition) is 4. The second-order valence-electron chi connectivity index (χ2n) is 6.66. The van der Waals surface area contributed by atoms with Gasteiger partial charge in [0, 0.05) is 31.4 Å². The number of pyridine rings is 1. The summed E-state index contributed by atoms with van der Waals surface area (Å²) in [5.41, 5.74) is 0.984.